The van der Waals surface area contributed by atoms with Gasteiger partial charge in [-0.3, -0.25) is 9.59 Å². The lowest BCUT2D eigenvalue weighted by molar-refractivity contribution is -0.143. The van der Waals surface area contributed by atoms with Crippen LogP contribution in [-0.2, 0) is 22.6 Å². The fourth-order valence-corrected chi connectivity index (χ4v) is 3.94. The second kappa shape index (κ2) is 13.1. The monoisotopic (exact) mass is 506 g/mol. The topological polar surface area (TPSA) is 58.6 Å². The highest BCUT2D eigenvalue weighted by atomic mass is 35.5. The van der Waals surface area contributed by atoms with Crippen LogP contribution in [0.4, 0.5) is 0 Å². The van der Waals surface area contributed by atoms with Gasteiger partial charge in [0.25, 0.3) is 5.91 Å². The van der Waals surface area contributed by atoms with Crippen molar-refractivity contribution >= 4 is 23.4 Å². The number of ether oxygens (including phenoxy) is 1. The van der Waals surface area contributed by atoms with E-state index in [2.05, 4.69) is 5.32 Å². The van der Waals surface area contributed by atoms with Crippen molar-refractivity contribution < 1.29 is 14.3 Å². The lowest BCUT2D eigenvalue weighted by atomic mass is 10.0. The molecule has 0 unspecified atom stereocenters. The SMILES string of the molecule is CC[C@@H](C)NC(=O)[C@H](Cc1ccccc1)N(Cc1ccc(C)cc1)C(=O)COc1ccc(Cl)c(C)c1. The van der Waals surface area contributed by atoms with E-state index in [4.69, 9.17) is 16.3 Å². The van der Waals surface area contributed by atoms with E-state index in [1.165, 1.54) is 0 Å². The summed E-state index contributed by atoms with van der Waals surface area (Å²) in [6.45, 7) is 8.01. The number of carbonyl (C=O) groups excluding carboxylic acids is 2. The van der Waals surface area contributed by atoms with Crippen molar-refractivity contribution in [3.63, 3.8) is 0 Å². The molecule has 0 bridgehead atoms. The van der Waals surface area contributed by atoms with Gasteiger partial charge >= 0.3 is 0 Å². The summed E-state index contributed by atoms with van der Waals surface area (Å²) in [5.41, 5.74) is 3.94. The third-order valence-electron chi connectivity index (χ3n) is 6.24. The summed E-state index contributed by atoms with van der Waals surface area (Å²) in [5.74, 6) is 0.128. The Morgan fingerprint density at radius 3 is 2.31 bits per heavy atom. The van der Waals surface area contributed by atoms with Crippen LogP contribution >= 0.6 is 11.6 Å². The Kier molecular flexibility index (Phi) is 9.95. The van der Waals surface area contributed by atoms with Gasteiger partial charge in [0.1, 0.15) is 11.8 Å². The van der Waals surface area contributed by atoms with E-state index < -0.39 is 6.04 Å². The van der Waals surface area contributed by atoms with Crippen LogP contribution in [0.15, 0.2) is 72.8 Å². The molecule has 0 saturated heterocycles. The zero-order valence-electron chi connectivity index (χ0n) is 21.5. The first-order valence-electron chi connectivity index (χ1n) is 12.3. The fraction of sp³-hybridized carbons (Fsp3) is 0.333. The molecule has 2 amide bonds. The average Bonchev–Trinajstić information content (AvgIpc) is 2.88. The van der Waals surface area contributed by atoms with Crippen LogP contribution in [-0.4, -0.2) is 35.4 Å². The molecule has 0 saturated carbocycles. The summed E-state index contributed by atoms with van der Waals surface area (Å²) >= 11 is 6.13. The first kappa shape index (κ1) is 27.3. The molecule has 0 aliphatic carbocycles. The van der Waals surface area contributed by atoms with Crippen molar-refractivity contribution in [1.82, 2.24) is 10.2 Å². The number of nitrogens with zero attached hydrogens (tertiary/aromatic N) is 1. The van der Waals surface area contributed by atoms with Crippen LogP contribution in [0.5, 0.6) is 5.75 Å². The molecular weight excluding hydrogens is 472 g/mol. The summed E-state index contributed by atoms with van der Waals surface area (Å²) in [7, 11) is 0. The maximum atomic E-state index is 13.6. The zero-order chi connectivity index (χ0) is 26.1. The highest BCUT2D eigenvalue weighted by molar-refractivity contribution is 6.31. The number of amides is 2. The Morgan fingerprint density at radius 1 is 0.972 bits per heavy atom. The number of hydrogen-bond acceptors (Lipinski definition) is 3. The Bertz CT molecular complexity index is 1150. The quantitative estimate of drug-likeness (QED) is 0.352. The molecule has 36 heavy (non-hydrogen) atoms. The van der Waals surface area contributed by atoms with E-state index in [9.17, 15) is 9.59 Å². The predicted molar refractivity (Wildman–Crippen MR) is 145 cm³/mol. The van der Waals surface area contributed by atoms with Crippen molar-refractivity contribution in [2.45, 2.75) is 59.2 Å². The van der Waals surface area contributed by atoms with Gasteiger partial charge in [0.05, 0.1) is 0 Å². The van der Waals surface area contributed by atoms with Gasteiger partial charge < -0.3 is 15.0 Å². The number of carbonyl (C=O) groups is 2. The minimum absolute atomic E-state index is 0.000364. The van der Waals surface area contributed by atoms with Crippen LogP contribution in [0.25, 0.3) is 0 Å². The Hall–Kier alpha value is -3.31. The van der Waals surface area contributed by atoms with E-state index in [0.29, 0.717) is 23.7 Å². The van der Waals surface area contributed by atoms with Gasteiger partial charge in [0.2, 0.25) is 5.91 Å². The molecule has 3 aromatic carbocycles. The number of halogens is 1. The molecule has 2 atom stereocenters. The molecule has 1 N–H and O–H groups in total. The van der Waals surface area contributed by atoms with E-state index in [0.717, 1.165) is 28.7 Å². The van der Waals surface area contributed by atoms with Crippen molar-refractivity contribution in [2.75, 3.05) is 6.61 Å². The maximum absolute atomic E-state index is 13.6. The lowest BCUT2D eigenvalue weighted by Crippen LogP contribution is -2.53. The van der Waals surface area contributed by atoms with Gasteiger partial charge in [0.15, 0.2) is 6.61 Å². The third-order valence-corrected chi connectivity index (χ3v) is 6.66. The molecule has 3 rings (SSSR count). The summed E-state index contributed by atoms with van der Waals surface area (Å²) in [6, 6.07) is 22.4. The largest absolute Gasteiger partial charge is 0.484 e. The van der Waals surface area contributed by atoms with Gasteiger partial charge in [-0.15, -0.1) is 0 Å². The lowest BCUT2D eigenvalue weighted by Gasteiger charge is -2.32. The number of benzene rings is 3. The summed E-state index contributed by atoms with van der Waals surface area (Å²) in [6.07, 6.45) is 1.20. The Balaban J connectivity index is 1.90. The molecule has 0 fully saturated rings. The fourth-order valence-electron chi connectivity index (χ4n) is 3.82. The molecule has 0 aliphatic heterocycles. The Morgan fingerprint density at radius 2 is 1.67 bits per heavy atom. The number of rotatable bonds is 11. The summed E-state index contributed by atoms with van der Waals surface area (Å²) in [4.78, 5) is 28.8. The van der Waals surface area contributed by atoms with Crippen molar-refractivity contribution in [3.05, 3.63) is 100 Å². The highest BCUT2D eigenvalue weighted by Crippen LogP contribution is 2.22. The van der Waals surface area contributed by atoms with Gasteiger partial charge in [0, 0.05) is 24.0 Å². The minimum Gasteiger partial charge on any atom is -0.484 e. The molecular formula is C30H35ClN2O3. The summed E-state index contributed by atoms with van der Waals surface area (Å²) in [5, 5.41) is 3.72. The number of hydrogen-bond donors (Lipinski definition) is 1. The van der Waals surface area contributed by atoms with E-state index in [-0.39, 0.29) is 24.5 Å². The van der Waals surface area contributed by atoms with Crippen molar-refractivity contribution in [1.29, 1.82) is 0 Å². The number of nitrogens with one attached hydrogen (secondary N) is 1. The van der Waals surface area contributed by atoms with E-state index in [1.807, 2.05) is 82.3 Å². The van der Waals surface area contributed by atoms with E-state index in [1.54, 1.807) is 23.1 Å². The molecule has 0 aliphatic rings. The first-order chi connectivity index (χ1) is 17.3. The van der Waals surface area contributed by atoms with Crippen LogP contribution in [0.1, 0.15) is 42.5 Å². The van der Waals surface area contributed by atoms with Gasteiger partial charge in [-0.25, -0.2) is 0 Å². The molecule has 3 aromatic rings. The molecule has 6 heteroatoms. The zero-order valence-corrected chi connectivity index (χ0v) is 22.2. The molecule has 190 valence electrons. The first-order valence-corrected chi connectivity index (χ1v) is 12.7. The van der Waals surface area contributed by atoms with Gasteiger partial charge in [-0.2, -0.15) is 0 Å². The van der Waals surface area contributed by atoms with Gasteiger partial charge in [-0.05, 0) is 62.1 Å². The molecule has 0 spiro atoms. The van der Waals surface area contributed by atoms with Crippen LogP contribution in [0.2, 0.25) is 5.02 Å². The normalized spacial score (nSPS) is 12.5. The van der Waals surface area contributed by atoms with Crippen molar-refractivity contribution in [3.8, 4) is 5.75 Å². The standard InChI is InChI=1S/C30H35ClN2O3/c1-5-23(4)32-30(35)28(18-24-9-7-6-8-10-24)33(19-25-13-11-21(2)12-14-25)29(34)20-36-26-15-16-27(31)22(3)17-26/h6-17,23,28H,5,18-20H2,1-4H3,(H,32,35)/t23-,28+/m1/s1. The Labute approximate surface area is 219 Å². The van der Waals surface area contributed by atoms with E-state index >= 15 is 0 Å². The molecule has 0 heterocycles. The molecule has 0 radical (unpaired) electrons. The average molecular weight is 507 g/mol. The highest BCUT2D eigenvalue weighted by Gasteiger charge is 2.31. The molecule has 0 aromatic heterocycles. The number of aryl methyl sites for hydroxylation is 2. The van der Waals surface area contributed by atoms with Crippen LogP contribution in [0.3, 0.4) is 0 Å². The predicted octanol–water partition coefficient (Wildman–Crippen LogP) is 5.89. The summed E-state index contributed by atoms with van der Waals surface area (Å²) < 4.78 is 5.84. The molecule has 5 nitrogen and oxygen atoms in total. The second-order valence-electron chi connectivity index (χ2n) is 9.23. The second-order valence-corrected chi connectivity index (χ2v) is 9.64. The van der Waals surface area contributed by atoms with Crippen LogP contribution < -0.4 is 10.1 Å². The smallest absolute Gasteiger partial charge is 0.261 e. The van der Waals surface area contributed by atoms with Crippen LogP contribution in [0, 0.1) is 13.8 Å². The minimum atomic E-state index is -0.689. The van der Waals surface area contributed by atoms with Crippen molar-refractivity contribution in [2.24, 2.45) is 0 Å². The maximum Gasteiger partial charge on any atom is 0.261 e. The van der Waals surface area contributed by atoms with Gasteiger partial charge in [-0.1, -0.05) is 78.7 Å². The third kappa shape index (κ3) is 7.85.